The van der Waals surface area contributed by atoms with Crippen LogP contribution in [0, 0.1) is 11.8 Å². The number of nitrogens with one attached hydrogen (secondary N) is 1. The summed E-state index contributed by atoms with van der Waals surface area (Å²) in [6.45, 7) is 1.36. The van der Waals surface area contributed by atoms with Crippen LogP contribution in [0.4, 0.5) is 13.2 Å². The van der Waals surface area contributed by atoms with Crippen LogP contribution in [0.2, 0.25) is 0 Å². The van der Waals surface area contributed by atoms with Crippen molar-refractivity contribution >= 4 is 0 Å². The monoisotopic (exact) mass is 332 g/mol. The molecule has 23 heavy (non-hydrogen) atoms. The van der Waals surface area contributed by atoms with Gasteiger partial charge < -0.3 is 10.1 Å². The number of hydrogen-bond acceptors (Lipinski definition) is 4. The van der Waals surface area contributed by atoms with Crippen LogP contribution < -0.4 is 5.32 Å². The molecule has 2 aliphatic rings. The van der Waals surface area contributed by atoms with Crippen molar-refractivity contribution in [2.45, 2.75) is 50.4 Å². The quantitative estimate of drug-likeness (QED) is 0.900. The lowest BCUT2D eigenvalue weighted by atomic mass is 9.76. The molecule has 8 heteroatoms. The summed E-state index contributed by atoms with van der Waals surface area (Å²) in [5, 5.41) is 6.85. The van der Waals surface area contributed by atoms with Crippen LogP contribution in [-0.2, 0) is 4.74 Å². The number of ether oxygens (including phenoxy) is 1. The van der Waals surface area contributed by atoms with E-state index in [2.05, 4.69) is 15.4 Å². The molecular weight excluding hydrogens is 309 g/mol. The first-order valence-electron chi connectivity index (χ1n) is 8.27. The molecule has 0 spiro atoms. The first-order chi connectivity index (χ1) is 11.1. The highest BCUT2D eigenvalue weighted by atomic mass is 19.4. The Balaban J connectivity index is 1.64. The van der Waals surface area contributed by atoms with Gasteiger partial charge in [-0.3, -0.25) is 0 Å². The molecule has 1 aliphatic carbocycles. The highest BCUT2D eigenvalue weighted by Crippen LogP contribution is 2.35. The Kier molecular flexibility index (Phi) is 5.21. The summed E-state index contributed by atoms with van der Waals surface area (Å²) in [5.74, 6) is 0.888. The molecular formula is C15H23F3N4O. The van der Waals surface area contributed by atoms with E-state index in [1.807, 2.05) is 0 Å². The van der Waals surface area contributed by atoms with Crippen LogP contribution in [0.3, 0.4) is 0 Å². The lowest BCUT2D eigenvalue weighted by Crippen LogP contribution is -2.46. The van der Waals surface area contributed by atoms with E-state index in [4.69, 9.17) is 4.74 Å². The van der Waals surface area contributed by atoms with E-state index in [0.717, 1.165) is 62.7 Å². The molecule has 130 valence electrons. The van der Waals surface area contributed by atoms with E-state index in [1.54, 1.807) is 0 Å². The Hall–Kier alpha value is -1.15. The van der Waals surface area contributed by atoms with E-state index in [0.29, 0.717) is 11.8 Å². The second kappa shape index (κ2) is 7.17. The summed E-state index contributed by atoms with van der Waals surface area (Å²) in [5.41, 5.74) is 0. The molecule has 1 saturated heterocycles. The van der Waals surface area contributed by atoms with Gasteiger partial charge in [0.25, 0.3) is 0 Å². The van der Waals surface area contributed by atoms with Gasteiger partial charge in [-0.05, 0) is 31.1 Å². The summed E-state index contributed by atoms with van der Waals surface area (Å²) < 4.78 is 46.2. The van der Waals surface area contributed by atoms with E-state index < -0.39 is 12.2 Å². The van der Waals surface area contributed by atoms with Gasteiger partial charge in [-0.2, -0.15) is 18.3 Å². The van der Waals surface area contributed by atoms with Crippen LogP contribution in [-0.4, -0.2) is 46.7 Å². The maximum Gasteiger partial charge on any atom is 0.412 e. The van der Waals surface area contributed by atoms with Gasteiger partial charge >= 0.3 is 6.18 Å². The number of aromatic nitrogens is 3. The molecule has 1 aromatic heterocycles. The minimum absolute atomic E-state index is 0.129. The molecule has 1 N–H and O–H groups in total. The fourth-order valence-corrected chi connectivity index (χ4v) is 3.87. The summed E-state index contributed by atoms with van der Waals surface area (Å²) in [4.78, 5) is 3.64. The molecule has 1 aliphatic heterocycles. The lowest BCUT2D eigenvalue weighted by molar-refractivity contribution is -0.169. The smallest absolute Gasteiger partial charge is 0.381 e. The van der Waals surface area contributed by atoms with Crippen molar-refractivity contribution < 1.29 is 17.9 Å². The second-order valence-electron chi connectivity index (χ2n) is 6.52. The minimum atomic E-state index is -4.35. The standard InChI is InChI=1S/C15H23F3N4O/c16-15(17,18)14(22-10-19-9-21-22)7-20-13-4-2-1-3-12(13)11-5-6-23-8-11/h9-14,20H,1-8H2. The molecule has 4 unspecified atom stereocenters. The Bertz CT molecular complexity index is 474. The van der Waals surface area contributed by atoms with E-state index >= 15 is 0 Å². The van der Waals surface area contributed by atoms with Crippen molar-refractivity contribution in [3.8, 4) is 0 Å². The number of rotatable bonds is 5. The molecule has 1 saturated carbocycles. The highest BCUT2D eigenvalue weighted by Gasteiger charge is 2.42. The van der Waals surface area contributed by atoms with Gasteiger partial charge in [-0.15, -0.1) is 0 Å². The molecule has 4 atom stereocenters. The predicted octanol–water partition coefficient (Wildman–Crippen LogP) is 2.57. The zero-order valence-corrected chi connectivity index (χ0v) is 13.0. The van der Waals surface area contributed by atoms with Gasteiger partial charge in [0.15, 0.2) is 6.04 Å². The fraction of sp³-hybridized carbons (Fsp3) is 0.867. The van der Waals surface area contributed by atoms with Gasteiger partial charge in [-0.25, -0.2) is 9.67 Å². The first kappa shape index (κ1) is 16.7. The molecule has 0 amide bonds. The molecule has 0 aromatic carbocycles. The third kappa shape index (κ3) is 4.03. The molecule has 5 nitrogen and oxygen atoms in total. The number of alkyl halides is 3. The van der Waals surface area contributed by atoms with Crippen molar-refractivity contribution in [1.82, 2.24) is 20.1 Å². The fourth-order valence-electron chi connectivity index (χ4n) is 3.87. The maximum atomic E-state index is 13.3. The zero-order valence-electron chi connectivity index (χ0n) is 13.0. The normalized spacial score (nSPS) is 30.5. The van der Waals surface area contributed by atoms with Gasteiger partial charge in [0.05, 0.1) is 0 Å². The van der Waals surface area contributed by atoms with E-state index in [1.165, 1.54) is 0 Å². The average Bonchev–Trinajstić information content (AvgIpc) is 3.20. The Labute approximate surface area is 133 Å². The van der Waals surface area contributed by atoms with Gasteiger partial charge in [0, 0.05) is 25.8 Å². The van der Waals surface area contributed by atoms with E-state index in [9.17, 15) is 13.2 Å². The highest BCUT2D eigenvalue weighted by molar-refractivity contribution is 4.89. The second-order valence-corrected chi connectivity index (χ2v) is 6.52. The largest absolute Gasteiger partial charge is 0.412 e. The zero-order chi connectivity index (χ0) is 16.3. The Morgan fingerprint density at radius 2 is 2.09 bits per heavy atom. The van der Waals surface area contributed by atoms with Crippen molar-refractivity contribution in [3.05, 3.63) is 12.7 Å². The van der Waals surface area contributed by atoms with Gasteiger partial charge in [0.1, 0.15) is 12.7 Å². The summed E-state index contributed by atoms with van der Waals surface area (Å²) in [6, 6.07) is -1.55. The number of nitrogens with zero attached hydrogens (tertiary/aromatic N) is 3. The van der Waals surface area contributed by atoms with Gasteiger partial charge in [0.2, 0.25) is 0 Å². The molecule has 3 rings (SSSR count). The summed E-state index contributed by atoms with van der Waals surface area (Å²) in [6.07, 6.45) is 3.18. The topological polar surface area (TPSA) is 52.0 Å². The maximum absolute atomic E-state index is 13.3. The third-order valence-electron chi connectivity index (χ3n) is 5.10. The average molecular weight is 332 g/mol. The molecule has 2 fully saturated rings. The molecule has 0 radical (unpaired) electrons. The summed E-state index contributed by atoms with van der Waals surface area (Å²) in [7, 11) is 0. The van der Waals surface area contributed by atoms with Crippen LogP contribution in [0.25, 0.3) is 0 Å². The van der Waals surface area contributed by atoms with Crippen LogP contribution in [0.1, 0.15) is 38.1 Å². The van der Waals surface area contributed by atoms with Crippen molar-refractivity contribution in [1.29, 1.82) is 0 Å². The SMILES string of the molecule is FC(F)(F)C(CNC1CCCCC1C1CCOC1)n1cncn1. The van der Waals surface area contributed by atoms with Gasteiger partial charge in [-0.1, -0.05) is 12.8 Å². The predicted molar refractivity (Wildman–Crippen MR) is 77.8 cm³/mol. The molecule has 1 aromatic rings. The number of hydrogen-bond donors (Lipinski definition) is 1. The number of halogens is 3. The summed E-state index contributed by atoms with van der Waals surface area (Å²) >= 11 is 0. The Morgan fingerprint density at radius 1 is 1.26 bits per heavy atom. The van der Waals surface area contributed by atoms with Crippen LogP contribution >= 0.6 is 0 Å². The van der Waals surface area contributed by atoms with Crippen molar-refractivity contribution in [2.75, 3.05) is 19.8 Å². The molecule has 2 heterocycles. The van der Waals surface area contributed by atoms with E-state index in [-0.39, 0.29) is 12.6 Å². The van der Waals surface area contributed by atoms with Crippen LogP contribution in [0.15, 0.2) is 12.7 Å². The lowest BCUT2D eigenvalue weighted by Gasteiger charge is -2.36. The minimum Gasteiger partial charge on any atom is -0.381 e. The first-order valence-corrected chi connectivity index (χ1v) is 8.27. The molecule has 0 bridgehead atoms. The Morgan fingerprint density at radius 3 is 2.74 bits per heavy atom. The van der Waals surface area contributed by atoms with Crippen LogP contribution in [0.5, 0.6) is 0 Å². The third-order valence-corrected chi connectivity index (χ3v) is 5.10. The van der Waals surface area contributed by atoms with Crippen molar-refractivity contribution in [3.63, 3.8) is 0 Å². The van der Waals surface area contributed by atoms with Crippen molar-refractivity contribution in [2.24, 2.45) is 11.8 Å².